The SMILES string of the molecule is O=S([O-])Nc1ccc(C[C@H](Nc2nc(-c3ccc(F)cc3F)cs2)c2csc(-c3ccccc3)n2)cc1. The highest BCUT2D eigenvalue weighted by Crippen LogP contribution is 2.33. The molecule has 37 heavy (non-hydrogen) atoms. The van der Waals surface area contributed by atoms with Crippen LogP contribution < -0.4 is 10.0 Å². The Labute approximate surface area is 222 Å². The van der Waals surface area contributed by atoms with Gasteiger partial charge in [-0.05, 0) is 36.2 Å². The predicted octanol–water partition coefficient (Wildman–Crippen LogP) is 6.81. The number of halogens is 2. The van der Waals surface area contributed by atoms with E-state index in [0.29, 0.717) is 22.9 Å². The van der Waals surface area contributed by atoms with Gasteiger partial charge in [-0.15, -0.1) is 22.7 Å². The monoisotopic (exact) mass is 553 g/mol. The van der Waals surface area contributed by atoms with Crippen molar-refractivity contribution in [2.45, 2.75) is 12.5 Å². The Hall–Kier alpha value is -3.51. The fraction of sp³-hybridized carbons (Fsp3) is 0.0769. The van der Waals surface area contributed by atoms with Crippen molar-refractivity contribution in [2.75, 3.05) is 10.0 Å². The van der Waals surface area contributed by atoms with E-state index in [1.54, 1.807) is 17.5 Å². The van der Waals surface area contributed by atoms with Gasteiger partial charge in [0.2, 0.25) is 0 Å². The van der Waals surface area contributed by atoms with Gasteiger partial charge >= 0.3 is 0 Å². The van der Waals surface area contributed by atoms with Crippen molar-refractivity contribution in [3.05, 3.63) is 106 Å². The maximum Gasteiger partial charge on any atom is 0.183 e. The molecule has 5 aromatic rings. The molecule has 188 valence electrons. The van der Waals surface area contributed by atoms with E-state index in [1.165, 1.54) is 34.8 Å². The molecular weight excluding hydrogens is 535 g/mol. The quantitative estimate of drug-likeness (QED) is 0.196. The summed E-state index contributed by atoms with van der Waals surface area (Å²) < 4.78 is 51.8. The fourth-order valence-corrected chi connectivity index (χ4v) is 5.71. The largest absolute Gasteiger partial charge is 0.755 e. The second kappa shape index (κ2) is 11.3. The molecule has 6 nitrogen and oxygen atoms in total. The first-order valence-electron chi connectivity index (χ1n) is 11.1. The van der Waals surface area contributed by atoms with Gasteiger partial charge in [0.15, 0.2) is 5.13 Å². The molecule has 3 aromatic carbocycles. The van der Waals surface area contributed by atoms with Crippen LogP contribution in [0.4, 0.5) is 19.6 Å². The molecule has 1 unspecified atom stereocenters. The highest BCUT2D eigenvalue weighted by atomic mass is 32.2. The van der Waals surface area contributed by atoms with Crippen molar-refractivity contribution >= 4 is 44.8 Å². The number of hydrogen-bond donors (Lipinski definition) is 2. The van der Waals surface area contributed by atoms with Gasteiger partial charge in [0, 0.05) is 44.9 Å². The highest BCUT2D eigenvalue weighted by Gasteiger charge is 2.19. The first kappa shape index (κ1) is 25.2. The van der Waals surface area contributed by atoms with Crippen LogP contribution in [0, 0.1) is 11.6 Å². The molecule has 2 aromatic heterocycles. The third-order valence-corrected chi connectivity index (χ3v) is 7.59. The average molecular weight is 554 g/mol. The van der Waals surface area contributed by atoms with Crippen LogP contribution in [0.25, 0.3) is 21.8 Å². The van der Waals surface area contributed by atoms with Gasteiger partial charge in [0.1, 0.15) is 16.6 Å². The molecule has 0 aliphatic heterocycles. The molecule has 0 saturated carbocycles. The molecule has 2 heterocycles. The van der Waals surface area contributed by atoms with Crippen LogP contribution in [0.15, 0.2) is 83.6 Å². The summed E-state index contributed by atoms with van der Waals surface area (Å²) in [5.41, 5.74) is 3.88. The third-order valence-electron chi connectivity index (χ3n) is 5.50. The topological polar surface area (TPSA) is 90.0 Å². The summed E-state index contributed by atoms with van der Waals surface area (Å²) in [7, 11) is 0. The van der Waals surface area contributed by atoms with E-state index >= 15 is 0 Å². The summed E-state index contributed by atoms with van der Waals surface area (Å²) >= 11 is 0.455. The number of anilines is 2. The number of aromatic nitrogens is 2. The Morgan fingerprint density at radius 2 is 1.73 bits per heavy atom. The number of nitrogens with zero attached hydrogens (tertiary/aromatic N) is 2. The number of thiazole rings is 2. The van der Waals surface area contributed by atoms with E-state index in [2.05, 4.69) is 15.0 Å². The van der Waals surface area contributed by atoms with E-state index in [4.69, 9.17) is 4.98 Å². The van der Waals surface area contributed by atoms with Crippen molar-refractivity contribution in [3.63, 3.8) is 0 Å². The van der Waals surface area contributed by atoms with E-state index in [1.807, 2.05) is 47.8 Å². The maximum atomic E-state index is 14.3. The van der Waals surface area contributed by atoms with E-state index in [0.717, 1.165) is 27.9 Å². The lowest BCUT2D eigenvalue weighted by atomic mass is 10.0. The number of benzene rings is 3. The van der Waals surface area contributed by atoms with Crippen molar-refractivity contribution in [1.82, 2.24) is 9.97 Å². The van der Waals surface area contributed by atoms with Gasteiger partial charge in [0.05, 0.1) is 17.4 Å². The highest BCUT2D eigenvalue weighted by molar-refractivity contribution is 7.80. The predicted molar refractivity (Wildman–Crippen MR) is 144 cm³/mol. The fourth-order valence-electron chi connectivity index (χ4n) is 3.74. The van der Waals surface area contributed by atoms with Gasteiger partial charge in [-0.1, -0.05) is 42.5 Å². The Kier molecular flexibility index (Phi) is 7.65. The van der Waals surface area contributed by atoms with Crippen LogP contribution in [0.1, 0.15) is 17.3 Å². The molecule has 0 spiro atoms. The minimum atomic E-state index is -2.40. The Morgan fingerprint density at radius 3 is 2.46 bits per heavy atom. The molecule has 0 aliphatic carbocycles. The van der Waals surface area contributed by atoms with Gasteiger partial charge in [-0.2, -0.15) is 0 Å². The Morgan fingerprint density at radius 1 is 0.946 bits per heavy atom. The van der Waals surface area contributed by atoms with Crippen LogP contribution in [-0.4, -0.2) is 18.7 Å². The third kappa shape index (κ3) is 6.25. The smallest absolute Gasteiger partial charge is 0.183 e. The number of nitrogens with one attached hydrogen (secondary N) is 2. The van der Waals surface area contributed by atoms with Crippen LogP contribution in [0.5, 0.6) is 0 Å². The average Bonchev–Trinajstić information content (AvgIpc) is 3.55. The van der Waals surface area contributed by atoms with Crippen molar-refractivity contribution < 1.29 is 17.5 Å². The molecule has 0 radical (unpaired) electrons. The second-order valence-electron chi connectivity index (χ2n) is 8.04. The zero-order chi connectivity index (χ0) is 25.8. The first-order valence-corrected chi connectivity index (χ1v) is 13.9. The Bertz CT molecular complexity index is 1520. The molecule has 0 amide bonds. The molecule has 0 bridgehead atoms. The van der Waals surface area contributed by atoms with Crippen LogP contribution in [0.3, 0.4) is 0 Å². The summed E-state index contributed by atoms with van der Waals surface area (Å²) in [5, 5.41) is 8.58. The minimum Gasteiger partial charge on any atom is -0.755 e. The van der Waals surface area contributed by atoms with Crippen molar-refractivity contribution in [2.24, 2.45) is 0 Å². The number of rotatable bonds is 9. The van der Waals surface area contributed by atoms with E-state index in [9.17, 15) is 17.5 Å². The normalized spacial score (nSPS) is 12.7. The molecular formula is C26H19F2N4O2S3-. The molecule has 0 saturated heterocycles. The molecule has 0 aliphatic rings. The number of hydrogen-bond acceptors (Lipinski definition) is 7. The first-order chi connectivity index (χ1) is 17.9. The summed E-state index contributed by atoms with van der Waals surface area (Å²) in [6.07, 6.45) is 0.540. The second-order valence-corrected chi connectivity index (χ2v) is 10.4. The van der Waals surface area contributed by atoms with Crippen LogP contribution in [-0.2, 0) is 17.7 Å². The van der Waals surface area contributed by atoms with Crippen molar-refractivity contribution in [3.8, 4) is 21.8 Å². The zero-order valence-corrected chi connectivity index (χ0v) is 21.5. The van der Waals surface area contributed by atoms with Crippen molar-refractivity contribution in [1.29, 1.82) is 0 Å². The molecule has 5 rings (SSSR count). The summed E-state index contributed by atoms with van der Waals surface area (Å²) in [4.78, 5) is 9.39. The lowest BCUT2D eigenvalue weighted by molar-refractivity contribution is 0.542. The summed E-state index contributed by atoms with van der Waals surface area (Å²) in [5.74, 6) is -1.32. The van der Waals surface area contributed by atoms with Gasteiger partial charge in [0.25, 0.3) is 0 Å². The standard InChI is InChI=1S/C26H20F2N4O2S3/c27-18-8-11-20(21(28)13-18)23-14-36-26(31-23)30-22(12-16-6-9-19(10-7-16)32-37(33)34)24-15-35-25(29-24)17-4-2-1-3-5-17/h1-11,13-15,22,32H,12H2,(H,30,31)(H,33,34)/p-1/t22-/m0/s1. The van der Waals surface area contributed by atoms with Crippen LogP contribution >= 0.6 is 22.7 Å². The molecule has 0 fully saturated rings. The molecule has 11 heteroatoms. The molecule has 2 N–H and O–H groups in total. The van der Waals surface area contributed by atoms with E-state index in [-0.39, 0.29) is 11.6 Å². The maximum absolute atomic E-state index is 14.3. The zero-order valence-electron chi connectivity index (χ0n) is 19.1. The van der Waals surface area contributed by atoms with Gasteiger partial charge in [-0.25, -0.2) is 18.7 Å². The van der Waals surface area contributed by atoms with Gasteiger partial charge < -0.3 is 14.6 Å². The van der Waals surface area contributed by atoms with Crippen LogP contribution in [0.2, 0.25) is 0 Å². The lowest BCUT2D eigenvalue weighted by Gasteiger charge is -2.17. The minimum absolute atomic E-state index is 0.223. The summed E-state index contributed by atoms with van der Waals surface area (Å²) in [6, 6.07) is 20.1. The van der Waals surface area contributed by atoms with Gasteiger partial charge in [-0.3, -0.25) is 4.21 Å². The molecule has 2 atom stereocenters. The Balaban J connectivity index is 1.42. The summed E-state index contributed by atoms with van der Waals surface area (Å²) in [6.45, 7) is 0. The van der Waals surface area contributed by atoms with E-state index < -0.39 is 22.9 Å². The lowest BCUT2D eigenvalue weighted by Crippen LogP contribution is -2.14.